The van der Waals surface area contributed by atoms with Gasteiger partial charge in [-0.15, -0.1) is 0 Å². The Kier molecular flexibility index (Phi) is 6.65. The maximum Gasteiger partial charge on any atom is 0.255 e. The minimum atomic E-state index is -0.361. The van der Waals surface area contributed by atoms with Crippen molar-refractivity contribution in [2.75, 3.05) is 17.7 Å². The van der Waals surface area contributed by atoms with E-state index in [0.717, 1.165) is 16.6 Å². The normalized spacial score (nSPS) is 11.7. The van der Waals surface area contributed by atoms with Gasteiger partial charge in [-0.05, 0) is 67.9 Å². The van der Waals surface area contributed by atoms with E-state index in [1.807, 2.05) is 44.2 Å². The summed E-state index contributed by atoms with van der Waals surface area (Å²) in [5, 5.41) is 6.05. The molecule has 0 saturated carbocycles. The molecule has 0 bridgehead atoms. The Morgan fingerprint density at radius 1 is 1.03 bits per heavy atom. The molecule has 3 N–H and O–H groups in total. The van der Waals surface area contributed by atoms with Gasteiger partial charge in [-0.3, -0.25) is 9.59 Å². The number of nitrogens with zero attached hydrogens (tertiary/aromatic N) is 1. The number of carbonyl (C=O) groups excluding carboxylic acids is 2. The van der Waals surface area contributed by atoms with Crippen LogP contribution in [0.4, 0.5) is 11.4 Å². The first-order valence-electron chi connectivity index (χ1n) is 10.4. The summed E-state index contributed by atoms with van der Waals surface area (Å²) in [6.45, 7) is 3.85. The highest BCUT2D eigenvalue weighted by molar-refractivity contribution is 8.00. The lowest BCUT2D eigenvalue weighted by Gasteiger charge is -2.12. The first-order chi connectivity index (χ1) is 15.9. The predicted molar refractivity (Wildman–Crippen MR) is 132 cm³/mol. The SMILES string of the molecule is COc1ccccc1NC(=O)c1ccc(NC(=O)C(C)Sc2nc3ccc(C)cc3[nH]2)cc1. The first kappa shape index (κ1) is 22.4. The number of rotatable bonds is 7. The molecular formula is C25H24N4O3S. The van der Waals surface area contributed by atoms with E-state index in [-0.39, 0.29) is 17.1 Å². The van der Waals surface area contributed by atoms with Gasteiger partial charge in [0.25, 0.3) is 5.91 Å². The van der Waals surface area contributed by atoms with Crippen molar-refractivity contribution in [1.29, 1.82) is 0 Å². The number of anilines is 2. The second-order valence-electron chi connectivity index (χ2n) is 7.54. The molecule has 0 saturated heterocycles. The molecule has 2 amide bonds. The zero-order chi connectivity index (χ0) is 23.4. The number of aromatic nitrogens is 2. The topological polar surface area (TPSA) is 96.1 Å². The molecule has 1 aromatic heterocycles. The van der Waals surface area contributed by atoms with Gasteiger partial charge in [0.1, 0.15) is 5.75 Å². The molecule has 0 aliphatic carbocycles. The van der Waals surface area contributed by atoms with E-state index in [1.165, 1.54) is 11.8 Å². The van der Waals surface area contributed by atoms with Crippen molar-refractivity contribution in [2.24, 2.45) is 0 Å². The van der Waals surface area contributed by atoms with E-state index in [0.29, 0.717) is 27.8 Å². The highest BCUT2D eigenvalue weighted by atomic mass is 32.2. The van der Waals surface area contributed by atoms with Gasteiger partial charge in [0.15, 0.2) is 5.16 Å². The van der Waals surface area contributed by atoms with Crippen molar-refractivity contribution >= 4 is 46.0 Å². The Balaban J connectivity index is 1.36. The van der Waals surface area contributed by atoms with Crippen LogP contribution in [0.1, 0.15) is 22.8 Å². The van der Waals surface area contributed by atoms with Crippen molar-refractivity contribution in [3.05, 3.63) is 77.9 Å². The Bertz CT molecular complexity index is 1300. The van der Waals surface area contributed by atoms with Gasteiger partial charge in [0.05, 0.1) is 29.1 Å². The number of aromatic amines is 1. The molecule has 1 atom stereocenters. The van der Waals surface area contributed by atoms with Crippen LogP contribution in [0.2, 0.25) is 0 Å². The molecular weight excluding hydrogens is 436 g/mol. The summed E-state index contributed by atoms with van der Waals surface area (Å²) in [7, 11) is 1.55. The van der Waals surface area contributed by atoms with E-state index in [2.05, 4.69) is 20.6 Å². The van der Waals surface area contributed by atoms with Crippen LogP contribution in [-0.2, 0) is 4.79 Å². The molecule has 0 fully saturated rings. The van der Waals surface area contributed by atoms with Crippen LogP contribution in [0, 0.1) is 6.92 Å². The summed E-state index contributed by atoms with van der Waals surface area (Å²) in [4.78, 5) is 33.0. The van der Waals surface area contributed by atoms with Crippen molar-refractivity contribution < 1.29 is 14.3 Å². The monoisotopic (exact) mass is 460 g/mol. The molecule has 0 spiro atoms. The van der Waals surface area contributed by atoms with Crippen LogP contribution in [0.3, 0.4) is 0 Å². The van der Waals surface area contributed by atoms with Crippen LogP contribution in [-0.4, -0.2) is 34.1 Å². The van der Waals surface area contributed by atoms with Crippen LogP contribution in [0.5, 0.6) is 5.75 Å². The van der Waals surface area contributed by atoms with Gasteiger partial charge in [0, 0.05) is 11.3 Å². The fourth-order valence-corrected chi connectivity index (χ4v) is 4.09. The molecule has 0 aliphatic heterocycles. The number of methoxy groups -OCH3 is 1. The van der Waals surface area contributed by atoms with E-state index in [9.17, 15) is 9.59 Å². The maximum absolute atomic E-state index is 12.6. The van der Waals surface area contributed by atoms with Gasteiger partial charge in [-0.2, -0.15) is 0 Å². The summed E-state index contributed by atoms with van der Waals surface area (Å²) in [6.07, 6.45) is 0. The Labute approximate surface area is 196 Å². The van der Waals surface area contributed by atoms with Gasteiger partial charge < -0.3 is 20.4 Å². The number of fused-ring (bicyclic) bond motifs is 1. The summed E-state index contributed by atoms with van der Waals surface area (Å²) in [5.41, 5.74) is 4.65. The number of hydrogen-bond acceptors (Lipinski definition) is 5. The van der Waals surface area contributed by atoms with Crippen molar-refractivity contribution in [2.45, 2.75) is 24.3 Å². The number of benzene rings is 3. The van der Waals surface area contributed by atoms with Gasteiger partial charge in [-0.25, -0.2) is 4.98 Å². The van der Waals surface area contributed by atoms with Gasteiger partial charge in [0.2, 0.25) is 5.91 Å². The maximum atomic E-state index is 12.6. The molecule has 0 radical (unpaired) electrons. The fourth-order valence-electron chi connectivity index (χ4n) is 3.27. The van der Waals surface area contributed by atoms with Gasteiger partial charge in [-0.1, -0.05) is 30.0 Å². The minimum absolute atomic E-state index is 0.150. The average molecular weight is 461 g/mol. The number of hydrogen-bond donors (Lipinski definition) is 3. The summed E-state index contributed by atoms with van der Waals surface area (Å²) in [6, 6.07) is 19.9. The molecule has 168 valence electrons. The molecule has 4 rings (SSSR count). The summed E-state index contributed by atoms with van der Waals surface area (Å²) >= 11 is 1.36. The van der Waals surface area contributed by atoms with E-state index in [1.54, 1.807) is 43.5 Å². The highest BCUT2D eigenvalue weighted by Crippen LogP contribution is 2.26. The van der Waals surface area contributed by atoms with Crippen molar-refractivity contribution in [3.8, 4) is 5.75 Å². The molecule has 1 unspecified atom stereocenters. The zero-order valence-electron chi connectivity index (χ0n) is 18.5. The number of nitrogens with one attached hydrogen (secondary N) is 3. The largest absolute Gasteiger partial charge is 0.495 e. The molecule has 3 aromatic carbocycles. The number of carbonyl (C=O) groups is 2. The predicted octanol–water partition coefficient (Wildman–Crippen LogP) is 5.25. The third-order valence-electron chi connectivity index (χ3n) is 5.04. The zero-order valence-corrected chi connectivity index (χ0v) is 19.3. The second kappa shape index (κ2) is 9.79. The molecule has 33 heavy (non-hydrogen) atoms. The van der Waals surface area contributed by atoms with E-state index >= 15 is 0 Å². The standard InChI is InChI=1S/C25H24N4O3S/c1-15-8-13-19-21(14-15)29-25(28-19)33-16(2)23(30)26-18-11-9-17(10-12-18)24(31)27-20-6-4-5-7-22(20)32-3/h4-14,16H,1-3H3,(H,26,30)(H,27,31)(H,28,29). The summed E-state index contributed by atoms with van der Waals surface area (Å²) < 4.78 is 5.26. The third kappa shape index (κ3) is 5.35. The third-order valence-corrected chi connectivity index (χ3v) is 6.03. The molecule has 7 nitrogen and oxygen atoms in total. The number of H-pyrrole nitrogens is 1. The highest BCUT2D eigenvalue weighted by Gasteiger charge is 2.17. The number of thioether (sulfide) groups is 1. The van der Waals surface area contributed by atoms with Crippen LogP contribution >= 0.6 is 11.8 Å². The number of amides is 2. The lowest BCUT2D eigenvalue weighted by atomic mass is 10.2. The lowest BCUT2D eigenvalue weighted by molar-refractivity contribution is -0.115. The van der Waals surface area contributed by atoms with Crippen LogP contribution in [0.25, 0.3) is 11.0 Å². The van der Waals surface area contributed by atoms with E-state index < -0.39 is 0 Å². The number of para-hydroxylation sites is 2. The molecule has 0 aliphatic rings. The lowest BCUT2D eigenvalue weighted by Crippen LogP contribution is -2.22. The Morgan fingerprint density at radius 3 is 2.55 bits per heavy atom. The van der Waals surface area contributed by atoms with Crippen LogP contribution in [0.15, 0.2) is 71.9 Å². The summed E-state index contributed by atoms with van der Waals surface area (Å²) in [5.74, 6) is 0.171. The number of imidazole rings is 1. The number of ether oxygens (including phenoxy) is 1. The minimum Gasteiger partial charge on any atom is -0.495 e. The van der Waals surface area contributed by atoms with Crippen molar-refractivity contribution in [1.82, 2.24) is 9.97 Å². The first-order valence-corrected chi connectivity index (χ1v) is 11.3. The Hall–Kier alpha value is -3.78. The fraction of sp³-hybridized carbons (Fsp3) is 0.160. The molecule has 4 aromatic rings. The average Bonchev–Trinajstić information content (AvgIpc) is 3.21. The second-order valence-corrected chi connectivity index (χ2v) is 8.87. The number of aryl methyl sites for hydroxylation is 1. The quantitative estimate of drug-likeness (QED) is 0.327. The molecule has 8 heteroatoms. The van der Waals surface area contributed by atoms with Crippen LogP contribution < -0.4 is 15.4 Å². The van der Waals surface area contributed by atoms with E-state index in [4.69, 9.17) is 4.74 Å². The van der Waals surface area contributed by atoms with Gasteiger partial charge >= 0.3 is 0 Å². The Morgan fingerprint density at radius 2 is 1.79 bits per heavy atom. The van der Waals surface area contributed by atoms with Crippen molar-refractivity contribution in [3.63, 3.8) is 0 Å². The molecule has 1 heterocycles. The smallest absolute Gasteiger partial charge is 0.255 e.